The lowest BCUT2D eigenvalue weighted by atomic mass is 9.80. The van der Waals surface area contributed by atoms with Crippen molar-refractivity contribution in [1.82, 2.24) is 0 Å². The van der Waals surface area contributed by atoms with E-state index in [1.807, 2.05) is 0 Å². The summed E-state index contributed by atoms with van der Waals surface area (Å²) in [5.74, 6) is 0.580. The van der Waals surface area contributed by atoms with Gasteiger partial charge in [-0.15, -0.1) is 0 Å². The van der Waals surface area contributed by atoms with Crippen LogP contribution < -0.4 is 4.90 Å². The van der Waals surface area contributed by atoms with Gasteiger partial charge in [0, 0.05) is 16.8 Å². The minimum atomic E-state index is 0.580. The zero-order valence-corrected chi connectivity index (χ0v) is 32.2. The maximum absolute atomic E-state index is 2.53. The van der Waals surface area contributed by atoms with E-state index < -0.39 is 0 Å². The third-order valence-electron chi connectivity index (χ3n) is 12.1. The Morgan fingerprint density at radius 1 is 0.351 bits per heavy atom. The Hall–Kier alpha value is -6.70. The largest absolute Gasteiger partial charge is 0.309 e. The molecule has 1 aliphatic rings. The summed E-state index contributed by atoms with van der Waals surface area (Å²) in [4.78, 5) is 2.53. The molecule has 0 N–H and O–H groups in total. The van der Waals surface area contributed by atoms with Crippen LogP contribution in [0.5, 0.6) is 0 Å². The second-order valence-electron chi connectivity index (χ2n) is 15.5. The normalized spacial score (nSPS) is 13.2. The molecule has 0 bridgehead atoms. The van der Waals surface area contributed by atoms with Crippen molar-refractivity contribution in [1.29, 1.82) is 0 Å². The van der Waals surface area contributed by atoms with E-state index in [9.17, 15) is 0 Å². The average Bonchev–Trinajstić information content (AvgIpc) is 3.30. The number of anilines is 3. The van der Waals surface area contributed by atoms with Crippen LogP contribution in [0.1, 0.15) is 43.6 Å². The molecule has 0 saturated heterocycles. The van der Waals surface area contributed by atoms with E-state index >= 15 is 0 Å². The third kappa shape index (κ3) is 6.70. The summed E-state index contributed by atoms with van der Waals surface area (Å²) in [5.41, 5.74) is 14.6. The molecule has 0 aromatic heterocycles. The number of para-hydroxylation sites is 1. The van der Waals surface area contributed by atoms with Crippen LogP contribution in [0.25, 0.3) is 66.1 Å². The van der Waals surface area contributed by atoms with Gasteiger partial charge in [-0.1, -0.05) is 201 Å². The Bertz CT molecular complexity index is 2820. The first-order chi connectivity index (χ1) is 28.3. The predicted octanol–water partition coefficient (Wildman–Crippen LogP) is 16.2. The second kappa shape index (κ2) is 15.4. The molecule has 9 aromatic carbocycles. The average molecular weight is 732 g/mol. The van der Waals surface area contributed by atoms with Gasteiger partial charge in [0.15, 0.2) is 0 Å². The maximum atomic E-state index is 2.53. The smallest absolute Gasteiger partial charge is 0.0546 e. The summed E-state index contributed by atoms with van der Waals surface area (Å²) in [6.07, 6.45) is 6.47. The van der Waals surface area contributed by atoms with E-state index in [2.05, 4.69) is 211 Å². The minimum Gasteiger partial charge on any atom is -0.309 e. The minimum absolute atomic E-state index is 0.580. The van der Waals surface area contributed by atoms with Crippen LogP contribution in [0.4, 0.5) is 17.1 Å². The maximum Gasteiger partial charge on any atom is 0.0546 e. The van der Waals surface area contributed by atoms with E-state index in [1.165, 1.54) is 104 Å². The van der Waals surface area contributed by atoms with Gasteiger partial charge in [0.05, 0.1) is 11.4 Å². The fourth-order valence-electron chi connectivity index (χ4n) is 9.33. The fourth-order valence-corrected chi connectivity index (χ4v) is 9.33. The Kier molecular flexibility index (Phi) is 9.42. The molecule has 0 heterocycles. The summed E-state index contributed by atoms with van der Waals surface area (Å²) in [6, 6.07) is 76.1. The molecule has 274 valence electrons. The third-order valence-corrected chi connectivity index (χ3v) is 12.1. The van der Waals surface area contributed by atoms with Crippen molar-refractivity contribution in [3.63, 3.8) is 0 Å². The number of nitrogens with zero attached hydrogens (tertiary/aromatic N) is 1. The molecule has 1 aliphatic carbocycles. The molecule has 0 unspecified atom stereocenters. The predicted molar refractivity (Wildman–Crippen MR) is 244 cm³/mol. The van der Waals surface area contributed by atoms with Crippen molar-refractivity contribution < 1.29 is 0 Å². The lowest BCUT2D eigenvalue weighted by molar-refractivity contribution is 0.445. The van der Waals surface area contributed by atoms with E-state index in [1.54, 1.807) is 0 Å². The van der Waals surface area contributed by atoms with Crippen LogP contribution in [0.3, 0.4) is 0 Å². The highest BCUT2D eigenvalue weighted by Gasteiger charge is 2.25. The number of hydrogen-bond acceptors (Lipinski definition) is 1. The van der Waals surface area contributed by atoms with Crippen molar-refractivity contribution in [2.24, 2.45) is 0 Å². The zero-order chi connectivity index (χ0) is 38.0. The van der Waals surface area contributed by atoms with Crippen LogP contribution in [0.15, 0.2) is 206 Å². The van der Waals surface area contributed by atoms with Crippen molar-refractivity contribution in [3.05, 3.63) is 212 Å². The van der Waals surface area contributed by atoms with Gasteiger partial charge in [0.25, 0.3) is 0 Å². The lowest BCUT2D eigenvalue weighted by Gasteiger charge is -2.31. The van der Waals surface area contributed by atoms with Crippen LogP contribution in [0, 0.1) is 0 Å². The quantitative estimate of drug-likeness (QED) is 0.150. The summed E-state index contributed by atoms with van der Waals surface area (Å²) >= 11 is 0. The van der Waals surface area contributed by atoms with Crippen molar-refractivity contribution >= 4 is 38.6 Å². The van der Waals surface area contributed by atoms with Gasteiger partial charge in [-0.2, -0.15) is 0 Å². The first-order valence-corrected chi connectivity index (χ1v) is 20.5. The van der Waals surface area contributed by atoms with E-state index in [4.69, 9.17) is 0 Å². The molecule has 1 heteroatoms. The van der Waals surface area contributed by atoms with Gasteiger partial charge < -0.3 is 4.90 Å². The van der Waals surface area contributed by atoms with Crippen molar-refractivity contribution in [3.8, 4) is 44.5 Å². The highest BCUT2D eigenvalue weighted by atomic mass is 15.1. The Morgan fingerprint density at radius 2 is 0.965 bits per heavy atom. The van der Waals surface area contributed by atoms with Crippen LogP contribution in [-0.4, -0.2) is 0 Å². The molecule has 1 nitrogen and oxygen atoms in total. The molecular formula is C56H45N. The van der Waals surface area contributed by atoms with E-state index in [0.29, 0.717) is 5.92 Å². The molecule has 0 radical (unpaired) electrons. The molecule has 57 heavy (non-hydrogen) atoms. The van der Waals surface area contributed by atoms with E-state index in [-0.39, 0.29) is 0 Å². The molecule has 0 spiro atoms. The van der Waals surface area contributed by atoms with Crippen LogP contribution >= 0.6 is 0 Å². The molecule has 0 amide bonds. The van der Waals surface area contributed by atoms with Gasteiger partial charge in [-0.05, 0) is 104 Å². The number of fused-ring (bicyclic) bond motifs is 2. The Balaban J connectivity index is 1.26. The van der Waals surface area contributed by atoms with Gasteiger partial charge in [-0.25, -0.2) is 0 Å². The van der Waals surface area contributed by atoms with Crippen LogP contribution in [-0.2, 0) is 0 Å². The molecule has 0 atom stereocenters. The summed E-state index contributed by atoms with van der Waals surface area (Å²) in [6.45, 7) is 0. The fraction of sp³-hybridized carbons (Fsp3) is 0.107. The van der Waals surface area contributed by atoms with Gasteiger partial charge in [0.2, 0.25) is 0 Å². The van der Waals surface area contributed by atoms with E-state index in [0.717, 1.165) is 17.1 Å². The zero-order valence-electron chi connectivity index (χ0n) is 32.2. The topological polar surface area (TPSA) is 3.24 Å². The van der Waals surface area contributed by atoms with Crippen molar-refractivity contribution in [2.45, 2.75) is 38.0 Å². The Morgan fingerprint density at radius 3 is 1.79 bits per heavy atom. The molecular weight excluding hydrogens is 687 g/mol. The van der Waals surface area contributed by atoms with Crippen molar-refractivity contribution in [2.75, 3.05) is 4.90 Å². The van der Waals surface area contributed by atoms with Gasteiger partial charge in [-0.3, -0.25) is 0 Å². The second-order valence-corrected chi connectivity index (χ2v) is 15.5. The lowest BCUT2D eigenvalue weighted by Crippen LogP contribution is -2.13. The van der Waals surface area contributed by atoms with Gasteiger partial charge >= 0.3 is 0 Å². The molecule has 1 saturated carbocycles. The molecule has 9 aromatic rings. The highest BCUT2D eigenvalue weighted by Crippen LogP contribution is 2.49. The first-order valence-electron chi connectivity index (χ1n) is 20.5. The molecule has 1 fully saturated rings. The SMILES string of the molecule is c1ccc(-c2ccc(-c3ccccc3)c(N(c3cccc(-c4cccc5ccccc45)c3)c3ccccc3-c3cccc4cccc(C5CCCCC5)c34)c2)cc1. The van der Waals surface area contributed by atoms with Gasteiger partial charge in [0.1, 0.15) is 0 Å². The summed E-state index contributed by atoms with van der Waals surface area (Å²) < 4.78 is 0. The standard InChI is InChI=1S/C56H45N/c1-4-18-40(19-5-1)45-36-37-50(42-20-6-2-7-21-42)55(39-45)57(47-29-14-28-46(38-47)49-32-15-25-41-24-10-11-30-48(41)49)54-35-13-12-31-52(54)53-34-17-27-44-26-16-33-51(56(44)53)43-22-8-3-9-23-43/h1-2,4-7,10-21,24-39,43H,3,8-9,22-23H2. The first kappa shape index (κ1) is 34.8. The number of rotatable bonds is 8. The number of hydrogen-bond donors (Lipinski definition) is 0. The number of benzene rings is 9. The molecule has 0 aliphatic heterocycles. The highest BCUT2D eigenvalue weighted by molar-refractivity contribution is 6.05. The van der Waals surface area contributed by atoms with Crippen LogP contribution in [0.2, 0.25) is 0 Å². The summed E-state index contributed by atoms with van der Waals surface area (Å²) in [7, 11) is 0. The molecule has 10 rings (SSSR count). The summed E-state index contributed by atoms with van der Waals surface area (Å²) in [5, 5.41) is 5.21. The monoisotopic (exact) mass is 731 g/mol. The Labute approximate surface area is 336 Å².